The number of aromatic nitrogens is 2. The molecule has 2 aromatic carbocycles. The fourth-order valence-electron chi connectivity index (χ4n) is 4.67. The second-order valence-corrected chi connectivity index (χ2v) is 9.13. The molecule has 0 unspecified atom stereocenters. The largest absolute Gasteiger partial charge is 0.484 e. The first-order valence-electron chi connectivity index (χ1n) is 11.6. The third-order valence-electron chi connectivity index (χ3n) is 6.44. The fraction of sp³-hybridized carbons (Fsp3) is 0.400. The first-order chi connectivity index (χ1) is 16.1. The normalized spacial score (nSPS) is 17.4. The number of piperidine rings is 1. The van der Waals surface area contributed by atoms with Gasteiger partial charge in [0.15, 0.2) is 6.61 Å². The molecule has 1 amide bonds. The maximum Gasteiger partial charge on any atom is 0.262 e. The van der Waals surface area contributed by atoms with Crippen LogP contribution in [0.3, 0.4) is 0 Å². The van der Waals surface area contributed by atoms with Crippen LogP contribution in [0.25, 0.3) is 10.9 Å². The molecule has 8 heteroatoms. The lowest BCUT2D eigenvalue weighted by atomic mass is 10.0. The van der Waals surface area contributed by atoms with E-state index < -0.39 is 0 Å². The van der Waals surface area contributed by atoms with Gasteiger partial charge in [0.25, 0.3) is 5.91 Å². The quantitative estimate of drug-likeness (QED) is 0.583. The van der Waals surface area contributed by atoms with Crippen LogP contribution < -0.4 is 15.0 Å². The van der Waals surface area contributed by atoms with Gasteiger partial charge in [0.2, 0.25) is 5.95 Å². The minimum absolute atomic E-state index is 0.0809. The summed E-state index contributed by atoms with van der Waals surface area (Å²) in [6, 6.07) is 13.3. The number of rotatable bonds is 6. The second kappa shape index (κ2) is 9.93. The van der Waals surface area contributed by atoms with Crippen molar-refractivity contribution in [1.29, 1.82) is 0 Å². The molecule has 172 valence electrons. The summed E-state index contributed by atoms with van der Waals surface area (Å²) in [5.41, 5.74) is 1.56. The molecule has 2 aliphatic heterocycles. The molecule has 0 aliphatic carbocycles. The average molecular weight is 466 g/mol. The first kappa shape index (κ1) is 21.9. The minimum atomic E-state index is -0.234. The van der Waals surface area contributed by atoms with E-state index >= 15 is 0 Å². The molecule has 0 saturated carbocycles. The lowest BCUT2D eigenvalue weighted by molar-refractivity contribution is -0.118. The van der Waals surface area contributed by atoms with E-state index in [9.17, 15) is 4.79 Å². The van der Waals surface area contributed by atoms with Gasteiger partial charge in [0, 0.05) is 41.4 Å². The van der Waals surface area contributed by atoms with Gasteiger partial charge in [0.1, 0.15) is 5.75 Å². The first-order valence-corrected chi connectivity index (χ1v) is 12.0. The Morgan fingerprint density at radius 2 is 1.82 bits per heavy atom. The van der Waals surface area contributed by atoms with Crippen molar-refractivity contribution in [2.24, 2.45) is 0 Å². The Morgan fingerprint density at radius 1 is 1.06 bits per heavy atom. The van der Waals surface area contributed by atoms with Gasteiger partial charge >= 0.3 is 0 Å². The Kier molecular flexibility index (Phi) is 6.60. The van der Waals surface area contributed by atoms with Crippen LogP contribution >= 0.6 is 11.6 Å². The average Bonchev–Trinajstić information content (AvgIpc) is 3.39. The van der Waals surface area contributed by atoms with Gasteiger partial charge in [-0.1, -0.05) is 11.6 Å². The van der Waals surface area contributed by atoms with Gasteiger partial charge in [-0.25, -0.2) is 9.97 Å². The van der Waals surface area contributed by atoms with Crippen molar-refractivity contribution in [3.63, 3.8) is 0 Å². The van der Waals surface area contributed by atoms with Crippen LogP contribution in [0.4, 0.5) is 11.6 Å². The number of ether oxygens (including phenoxy) is 1. The monoisotopic (exact) mass is 465 g/mol. The number of anilines is 2. The van der Waals surface area contributed by atoms with Crippen molar-refractivity contribution in [2.45, 2.75) is 31.7 Å². The van der Waals surface area contributed by atoms with Gasteiger partial charge in [-0.2, -0.15) is 0 Å². The summed E-state index contributed by atoms with van der Waals surface area (Å²) < 4.78 is 5.50. The number of carbonyl (C=O) groups excluding carboxylic acids is 1. The summed E-state index contributed by atoms with van der Waals surface area (Å²) >= 11 is 5.86. The lowest BCUT2D eigenvalue weighted by Crippen LogP contribution is -2.44. The molecule has 1 N–H and O–H groups in total. The highest BCUT2D eigenvalue weighted by molar-refractivity contribution is 6.30. The van der Waals surface area contributed by atoms with Crippen molar-refractivity contribution in [3.8, 4) is 5.75 Å². The Morgan fingerprint density at radius 3 is 2.58 bits per heavy atom. The number of hydrogen-bond acceptors (Lipinski definition) is 6. The molecule has 0 atom stereocenters. The predicted molar refractivity (Wildman–Crippen MR) is 131 cm³/mol. The third-order valence-corrected chi connectivity index (χ3v) is 6.69. The summed E-state index contributed by atoms with van der Waals surface area (Å²) in [6.45, 7) is 4.41. The predicted octanol–water partition coefficient (Wildman–Crippen LogP) is 4.37. The number of fused-ring (bicyclic) bond motifs is 1. The van der Waals surface area contributed by atoms with Crippen LogP contribution in [-0.4, -0.2) is 59.6 Å². The maximum atomic E-state index is 12.3. The van der Waals surface area contributed by atoms with Gasteiger partial charge in [0.05, 0.1) is 5.52 Å². The Bertz CT molecular complexity index is 1110. The van der Waals surface area contributed by atoms with Crippen molar-refractivity contribution in [3.05, 3.63) is 53.7 Å². The zero-order valence-corrected chi connectivity index (χ0v) is 19.3. The summed E-state index contributed by atoms with van der Waals surface area (Å²) in [6.07, 6.45) is 6.86. The molecule has 2 fully saturated rings. The zero-order valence-electron chi connectivity index (χ0n) is 18.5. The molecular formula is C25H28ClN5O2. The van der Waals surface area contributed by atoms with E-state index in [0.29, 0.717) is 22.5 Å². The highest BCUT2D eigenvalue weighted by Crippen LogP contribution is 2.25. The van der Waals surface area contributed by atoms with E-state index in [1.54, 1.807) is 24.3 Å². The number of amides is 1. The number of likely N-dealkylation sites (tertiary alicyclic amines) is 1. The molecule has 0 radical (unpaired) electrons. The van der Waals surface area contributed by atoms with Crippen LogP contribution in [0.5, 0.6) is 5.75 Å². The molecule has 3 heterocycles. The zero-order chi connectivity index (χ0) is 22.6. The smallest absolute Gasteiger partial charge is 0.262 e. The Balaban J connectivity index is 1.17. The van der Waals surface area contributed by atoms with Crippen LogP contribution in [-0.2, 0) is 4.79 Å². The minimum Gasteiger partial charge on any atom is -0.484 e. The molecule has 3 aromatic rings. The SMILES string of the molecule is O=C(COc1ccc(Cl)cc1)Nc1ccc2nc(N3CCC(N4CCCC4)CC3)ncc2c1. The number of carbonyl (C=O) groups is 1. The third kappa shape index (κ3) is 5.37. The van der Waals surface area contributed by atoms with Gasteiger partial charge < -0.3 is 19.9 Å². The number of nitrogens with zero attached hydrogens (tertiary/aromatic N) is 4. The molecule has 1 aromatic heterocycles. The van der Waals surface area contributed by atoms with E-state index in [1.807, 2.05) is 24.4 Å². The number of benzene rings is 2. The van der Waals surface area contributed by atoms with Crippen molar-refractivity contribution in [2.75, 3.05) is 43.0 Å². The molecule has 0 spiro atoms. The van der Waals surface area contributed by atoms with E-state index in [4.69, 9.17) is 21.3 Å². The number of halogens is 1. The van der Waals surface area contributed by atoms with Crippen LogP contribution in [0.2, 0.25) is 5.02 Å². The molecule has 5 rings (SSSR count). The molecular weight excluding hydrogens is 438 g/mol. The Labute approximate surface area is 198 Å². The van der Waals surface area contributed by atoms with E-state index in [1.165, 1.54) is 38.8 Å². The summed E-state index contributed by atoms with van der Waals surface area (Å²) in [5, 5.41) is 4.38. The van der Waals surface area contributed by atoms with E-state index in [2.05, 4.69) is 20.1 Å². The Hall–Kier alpha value is -2.90. The maximum absolute atomic E-state index is 12.3. The lowest BCUT2D eigenvalue weighted by Gasteiger charge is -2.36. The standard InChI is InChI=1S/C25H28ClN5O2/c26-19-3-6-22(7-4-19)33-17-24(32)28-20-5-8-23-18(15-20)16-27-25(29-23)31-13-9-21(10-14-31)30-11-1-2-12-30/h3-8,15-16,21H,1-2,9-14,17H2,(H,28,32). The molecule has 2 saturated heterocycles. The van der Waals surface area contributed by atoms with Crippen LogP contribution in [0.1, 0.15) is 25.7 Å². The van der Waals surface area contributed by atoms with Crippen LogP contribution in [0, 0.1) is 0 Å². The van der Waals surface area contributed by atoms with Gasteiger partial charge in [-0.3, -0.25) is 4.79 Å². The number of hydrogen-bond donors (Lipinski definition) is 1. The molecule has 7 nitrogen and oxygen atoms in total. The van der Waals surface area contributed by atoms with Gasteiger partial charge in [-0.05, 0) is 81.2 Å². The molecule has 2 aliphatic rings. The van der Waals surface area contributed by atoms with Gasteiger partial charge in [-0.15, -0.1) is 0 Å². The fourth-order valence-corrected chi connectivity index (χ4v) is 4.79. The van der Waals surface area contributed by atoms with E-state index in [0.717, 1.165) is 29.9 Å². The van der Waals surface area contributed by atoms with E-state index in [-0.39, 0.29) is 12.5 Å². The number of nitrogens with one attached hydrogen (secondary N) is 1. The van der Waals surface area contributed by atoms with Crippen LogP contribution in [0.15, 0.2) is 48.7 Å². The highest BCUT2D eigenvalue weighted by atomic mass is 35.5. The molecule has 0 bridgehead atoms. The summed E-state index contributed by atoms with van der Waals surface area (Å²) in [4.78, 5) is 26.6. The highest BCUT2D eigenvalue weighted by Gasteiger charge is 2.27. The van der Waals surface area contributed by atoms with Crippen molar-refractivity contribution >= 4 is 40.0 Å². The summed E-state index contributed by atoms with van der Waals surface area (Å²) in [5.74, 6) is 1.15. The van der Waals surface area contributed by atoms with Crippen molar-refractivity contribution < 1.29 is 9.53 Å². The molecule has 33 heavy (non-hydrogen) atoms. The topological polar surface area (TPSA) is 70.6 Å². The second-order valence-electron chi connectivity index (χ2n) is 8.70. The van der Waals surface area contributed by atoms with Crippen molar-refractivity contribution in [1.82, 2.24) is 14.9 Å². The summed E-state index contributed by atoms with van der Waals surface area (Å²) in [7, 11) is 0.